The molecule has 0 aliphatic heterocycles. The Morgan fingerprint density at radius 3 is 1.84 bits per heavy atom. The third-order valence-corrected chi connectivity index (χ3v) is 7.21. The van der Waals surface area contributed by atoms with Gasteiger partial charge in [0.1, 0.15) is 23.3 Å². The van der Waals surface area contributed by atoms with E-state index in [4.69, 9.17) is 34.8 Å². The first-order valence-corrected chi connectivity index (χ1v) is 14.2. The Kier molecular flexibility index (Phi) is 13.0. The third-order valence-electron chi connectivity index (χ3n) is 5.51. The lowest BCUT2D eigenvalue weighted by molar-refractivity contribution is 0.617. The Hall–Kier alpha value is -2.21. The lowest BCUT2D eigenvalue weighted by atomic mass is 10.2. The van der Waals surface area contributed by atoms with Crippen LogP contribution in [0.25, 0.3) is 0 Å². The largest absolute Gasteiger partial charge is 0.317 e. The van der Waals surface area contributed by atoms with Crippen LogP contribution in [0.1, 0.15) is 66.2 Å². The second-order valence-electron chi connectivity index (χ2n) is 8.25. The molecular weight excluding hydrogens is 572 g/mol. The molecule has 2 atom stereocenters. The lowest BCUT2D eigenvalue weighted by Gasteiger charge is -2.03. The second-order valence-corrected chi connectivity index (χ2v) is 10.8. The number of rotatable bonds is 7. The molecule has 2 unspecified atom stereocenters. The molecule has 4 aromatic rings. The fourth-order valence-electron chi connectivity index (χ4n) is 3.14. The highest BCUT2D eigenvalue weighted by atomic mass is 35.5. The van der Waals surface area contributed by atoms with Crippen LogP contribution in [0.2, 0.25) is 0 Å². The van der Waals surface area contributed by atoms with Gasteiger partial charge in [-0.2, -0.15) is 0 Å². The molecule has 0 radical (unpaired) electrons. The van der Waals surface area contributed by atoms with Crippen molar-refractivity contribution in [2.45, 2.75) is 61.7 Å². The maximum atomic E-state index is 13.4. The predicted molar refractivity (Wildman–Crippen MR) is 151 cm³/mol. The van der Waals surface area contributed by atoms with Crippen molar-refractivity contribution in [3.63, 3.8) is 0 Å². The smallest absolute Gasteiger partial charge is 0.191 e. The summed E-state index contributed by atoms with van der Waals surface area (Å²) in [6.07, 6.45) is 0.896. The van der Waals surface area contributed by atoms with Crippen LogP contribution in [0.4, 0.5) is 4.39 Å². The Balaban J connectivity index is 0.000000211. The number of benzene rings is 1. The normalized spacial score (nSPS) is 12.3. The van der Waals surface area contributed by atoms with Crippen molar-refractivity contribution in [1.82, 2.24) is 44.3 Å². The molecule has 0 aliphatic rings. The van der Waals surface area contributed by atoms with Gasteiger partial charge in [-0.25, -0.2) is 4.39 Å². The SMILES string of the molecule is CCc1nnc(C(C)Cl)n1C.Cc1nnc(C(C)Cl)n1C.Cn1c(CCl)nnc1SCc1ccccc1F. The molecule has 14 heteroatoms. The summed E-state index contributed by atoms with van der Waals surface area (Å²) >= 11 is 18.8. The molecule has 1 aromatic carbocycles. The van der Waals surface area contributed by atoms with Gasteiger partial charge in [0.25, 0.3) is 0 Å². The topological polar surface area (TPSA) is 92.1 Å². The first kappa shape index (κ1) is 32.0. The molecule has 0 amide bonds. The Morgan fingerprint density at radius 1 is 0.842 bits per heavy atom. The highest BCUT2D eigenvalue weighted by Crippen LogP contribution is 2.23. The zero-order valence-electron chi connectivity index (χ0n) is 22.5. The number of aromatic nitrogens is 9. The van der Waals surface area contributed by atoms with Gasteiger partial charge in [0.05, 0.1) is 16.6 Å². The van der Waals surface area contributed by atoms with Crippen LogP contribution in [0.15, 0.2) is 29.4 Å². The number of alkyl halides is 3. The van der Waals surface area contributed by atoms with Gasteiger partial charge in [-0.3, -0.25) is 0 Å². The molecule has 0 spiro atoms. The molecule has 0 fully saturated rings. The van der Waals surface area contributed by atoms with E-state index in [1.807, 2.05) is 68.6 Å². The predicted octanol–water partition coefficient (Wildman–Crippen LogP) is 6.09. The van der Waals surface area contributed by atoms with Crippen LogP contribution in [0.5, 0.6) is 0 Å². The summed E-state index contributed by atoms with van der Waals surface area (Å²) in [5.41, 5.74) is 0.660. The van der Waals surface area contributed by atoms with Gasteiger partial charge in [0.15, 0.2) is 16.8 Å². The van der Waals surface area contributed by atoms with Gasteiger partial charge in [-0.15, -0.1) is 65.4 Å². The Labute approximate surface area is 242 Å². The van der Waals surface area contributed by atoms with E-state index >= 15 is 0 Å². The standard InChI is InChI=1S/C11H11ClFN3S.C7H12ClN3.C6H10ClN3/c1-16-10(6-12)14-15-11(16)17-7-8-4-2-3-5-9(8)13;1-4-6-9-10-7(5(2)8)11(6)3;1-4(7)6-9-8-5(2)10(6)3/h2-5H,6-7H2,1H3;5H,4H2,1-3H3;4H,1-3H3. The highest BCUT2D eigenvalue weighted by Gasteiger charge is 2.12. The number of hydrogen-bond acceptors (Lipinski definition) is 7. The minimum atomic E-state index is -0.195. The van der Waals surface area contributed by atoms with Gasteiger partial charge in [0.2, 0.25) is 0 Å². The van der Waals surface area contributed by atoms with Crippen LogP contribution in [0.3, 0.4) is 0 Å². The molecule has 0 bridgehead atoms. The molecule has 9 nitrogen and oxygen atoms in total. The molecule has 0 N–H and O–H groups in total. The van der Waals surface area contributed by atoms with E-state index in [0.717, 1.165) is 34.9 Å². The Bertz CT molecular complexity index is 1290. The quantitative estimate of drug-likeness (QED) is 0.186. The number of thioether (sulfide) groups is 1. The van der Waals surface area contributed by atoms with E-state index < -0.39 is 0 Å². The van der Waals surface area contributed by atoms with Crippen LogP contribution >= 0.6 is 46.6 Å². The minimum absolute atomic E-state index is 0.0622. The molecule has 0 aliphatic carbocycles. The van der Waals surface area contributed by atoms with Gasteiger partial charge in [0, 0.05) is 33.3 Å². The monoisotopic (exact) mass is 603 g/mol. The molecule has 38 heavy (non-hydrogen) atoms. The van der Waals surface area contributed by atoms with E-state index in [-0.39, 0.29) is 16.6 Å². The summed E-state index contributed by atoms with van der Waals surface area (Å²) in [5, 5.41) is 24.3. The second kappa shape index (κ2) is 15.4. The number of nitrogens with zero attached hydrogens (tertiary/aromatic N) is 9. The van der Waals surface area contributed by atoms with Crippen LogP contribution in [0, 0.1) is 12.7 Å². The van der Waals surface area contributed by atoms with Gasteiger partial charge in [-0.1, -0.05) is 36.9 Å². The molecular formula is C24H33Cl3FN9S. The maximum Gasteiger partial charge on any atom is 0.191 e. The fraction of sp³-hybridized carbons (Fsp3) is 0.500. The maximum absolute atomic E-state index is 13.4. The van der Waals surface area contributed by atoms with Crippen molar-refractivity contribution in [2.24, 2.45) is 21.1 Å². The van der Waals surface area contributed by atoms with E-state index in [1.54, 1.807) is 12.1 Å². The fourth-order valence-corrected chi connectivity index (χ4v) is 4.67. The van der Waals surface area contributed by atoms with Crippen molar-refractivity contribution < 1.29 is 4.39 Å². The summed E-state index contributed by atoms with van der Waals surface area (Å²) in [5.74, 6) is 4.89. The number of aryl methyl sites for hydroxylation is 2. The molecule has 4 rings (SSSR count). The average molecular weight is 605 g/mol. The first-order chi connectivity index (χ1) is 18.0. The summed E-state index contributed by atoms with van der Waals surface area (Å²) in [7, 11) is 5.69. The lowest BCUT2D eigenvalue weighted by Crippen LogP contribution is -2.01. The summed E-state index contributed by atoms with van der Waals surface area (Å²) in [6, 6.07) is 6.72. The van der Waals surface area contributed by atoms with Gasteiger partial charge >= 0.3 is 0 Å². The number of halogens is 4. The van der Waals surface area contributed by atoms with E-state index in [0.29, 0.717) is 23.0 Å². The van der Waals surface area contributed by atoms with E-state index in [1.165, 1.54) is 17.8 Å². The zero-order valence-corrected chi connectivity index (χ0v) is 25.6. The van der Waals surface area contributed by atoms with Crippen LogP contribution in [-0.4, -0.2) is 44.3 Å². The van der Waals surface area contributed by atoms with E-state index in [9.17, 15) is 4.39 Å². The van der Waals surface area contributed by atoms with Crippen molar-refractivity contribution in [3.8, 4) is 0 Å². The number of hydrogen-bond donors (Lipinski definition) is 0. The van der Waals surface area contributed by atoms with Crippen molar-refractivity contribution >= 4 is 46.6 Å². The molecule has 0 saturated carbocycles. The van der Waals surface area contributed by atoms with Crippen LogP contribution < -0.4 is 0 Å². The van der Waals surface area contributed by atoms with Crippen LogP contribution in [-0.2, 0) is 39.2 Å². The minimum Gasteiger partial charge on any atom is -0.317 e. The molecule has 3 aromatic heterocycles. The summed E-state index contributed by atoms with van der Waals surface area (Å²) in [6.45, 7) is 7.72. The summed E-state index contributed by atoms with van der Waals surface area (Å²) < 4.78 is 19.0. The van der Waals surface area contributed by atoms with Crippen molar-refractivity contribution in [2.75, 3.05) is 0 Å². The highest BCUT2D eigenvalue weighted by molar-refractivity contribution is 7.98. The first-order valence-electron chi connectivity index (χ1n) is 11.8. The van der Waals surface area contributed by atoms with Crippen molar-refractivity contribution in [1.29, 1.82) is 0 Å². The third kappa shape index (κ3) is 8.65. The van der Waals surface area contributed by atoms with Crippen molar-refractivity contribution in [3.05, 3.63) is 64.8 Å². The Morgan fingerprint density at radius 2 is 1.42 bits per heavy atom. The zero-order chi connectivity index (χ0) is 28.4. The molecule has 0 saturated heterocycles. The average Bonchev–Trinajstić information content (AvgIpc) is 3.55. The molecule has 3 heterocycles. The van der Waals surface area contributed by atoms with E-state index in [2.05, 4.69) is 30.6 Å². The van der Waals surface area contributed by atoms with Gasteiger partial charge in [-0.05, 0) is 32.4 Å². The summed E-state index contributed by atoms with van der Waals surface area (Å²) in [4.78, 5) is 0. The van der Waals surface area contributed by atoms with Gasteiger partial charge < -0.3 is 13.7 Å². The molecule has 208 valence electrons.